The molecule has 0 aliphatic carbocycles. The van der Waals surface area contributed by atoms with E-state index in [-0.39, 0.29) is 17.7 Å². The minimum Gasteiger partial charge on any atom is -0.493 e. The molecule has 0 fully saturated rings. The molecule has 200 valence electrons. The first-order valence-corrected chi connectivity index (χ1v) is 13.4. The summed E-state index contributed by atoms with van der Waals surface area (Å²) in [6, 6.07) is 5.31. The number of esters is 1. The lowest BCUT2D eigenvalue weighted by molar-refractivity contribution is 0.0529. The van der Waals surface area contributed by atoms with Crippen molar-refractivity contribution in [1.82, 2.24) is 14.9 Å². The summed E-state index contributed by atoms with van der Waals surface area (Å²) in [5.41, 5.74) is 1.76. The number of thiophene rings is 2. The van der Waals surface area contributed by atoms with E-state index in [1.165, 1.54) is 18.4 Å². The first-order chi connectivity index (χ1) is 18.2. The van der Waals surface area contributed by atoms with Gasteiger partial charge in [0.05, 0.1) is 37.6 Å². The number of aromatic amines is 1. The molecule has 12 heteroatoms. The Hall–Kier alpha value is -3.74. The molecule has 4 rings (SSSR count). The van der Waals surface area contributed by atoms with Crippen LogP contribution >= 0.6 is 22.7 Å². The second-order valence-corrected chi connectivity index (χ2v) is 10.5. The van der Waals surface area contributed by atoms with Crippen molar-refractivity contribution in [3.05, 3.63) is 55.8 Å². The van der Waals surface area contributed by atoms with Crippen molar-refractivity contribution in [3.8, 4) is 22.6 Å². The van der Waals surface area contributed by atoms with Crippen LogP contribution in [0.5, 0.6) is 11.5 Å². The number of fused-ring (bicyclic) bond motifs is 1. The molecule has 0 unspecified atom stereocenters. The number of nitrogens with zero attached hydrogens (tertiary/aromatic N) is 2. The summed E-state index contributed by atoms with van der Waals surface area (Å²) in [7, 11) is 6.83. The molecule has 0 radical (unpaired) electrons. The first kappa shape index (κ1) is 27.3. The Morgan fingerprint density at radius 3 is 2.55 bits per heavy atom. The van der Waals surface area contributed by atoms with Gasteiger partial charge >= 0.3 is 5.97 Å². The summed E-state index contributed by atoms with van der Waals surface area (Å²) >= 11 is 2.35. The Labute approximate surface area is 227 Å². The van der Waals surface area contributed by atoms with Gasteiger partial charge in [-0.25, -0.2) is 9.78 Å². The molecular formula is C26H28N4O6S2. The Bertz CT molecular complexity index is 1570. The standard InChI is InChI=1S/C26H28N4O6S2/c1-7-36-26(33)20-15(14-8-9-16(34-5)17(10-14)35-6)12-37-24(20)29-23(32)21-13(2)19-22(31)27-18(11-30(3)4)28-25(19)38-21/h8-10,12H,7,11H2,1-6H3,(H,29,32)(H,27,28,31). The Morgan fingerprint density at radius 1 is 1.16 bits per heavy atom. The predicted octanol–water partition coefficient (Wildman–Crippen LogP) is 4.53. The van der Waals surface area contributed by atoms with Crippen molar-refractivity contribution in [2.75, 3.05) is 40.2 Å². The lowest BCUT2D eigenvalue weighted by Gasteiger charge is -2.11. The second-order valence-electron chi connectivity index (χ2n) is 8.58. The number of aryl methyl sites for hydroxylation is 1. The highest BCUT2D eigenvalue weighted by Crippen LogP contribution is 2.40. The van der Waals surface area contributed by atoms with E-state index in [9.17, 15) is 14.4 Å². The Kier molecular flexibility index (Phi) is 8.14. The third-order valence-electron chi connectivity index (χ3n) is 5.71. The molecule has 0 aliphatic rings. The topological polar surface area (TPSA) is 123 Å². The largest absolute Gasteiger partial charge is 0.493 e. The van der Waals surface area contributed by atoms with Gasteiger partial charge < -0.3 is 29.4 Å². The van der Waals surface area contributed by atoms with Gasteiger partial charge in [0.2, 0.25) is 0 Å². The quantitative estimate of drug-likeness (QED) is 0.288. The van der Waals surface area contributed by atoms with Gasteiger partial charge in [-0.05, 0) is 51.2 Å². The van der Waals surface area contributed by atoms with E-state index in [0.29, 0.717) is 60.7 Å². The average Bonchev–Trinajstić information content (AvgIpc) is 3.44. The van der Waals surface area contributed by atoms with Crippen molar-refractivity contribution in [1.29, 1.82) is 0 Å². The normalized spacial score (nSPS) is 11.1. The van der Waals surface area contributed by atoms with Crippen molar-refractivity contribution < 1.29 is 23.8 Å². The highest BCUT2D eigenvalue weighted by molar-refractivity contribution is 7.21. The molecule has 0 atom stereocenters. The van der Waals surface area contributed by atoms with Gasteiger partial charge in [-0.3, -0.25) is 9.59 Å². The number of nitrogens with one attached hydrogen (secondary N) is 2. The number of H-pyrrole nitrogens is 1. The number of hydrogen-bond donors (Lipinski definition) is 2. The van der Waals surface area contributed by atoms with Crippen LogP contribution in [0, 0.1) is 6.92 Å². The van der Waals surface area contributed by atoms with Crippen LogP contribution in [0.3, 0.4) is 0 Å². The third kappa shape index (κ3) is 5.28. The summed E-state index contributed by atoms with van der Waals surface area (Å²) in [5, 5.41) is 5.36. The summed E-state index contributed by atoms with van der Waals surface area (Å²) in [4.78, 5) is 49.2. The van der Waals surface area contributed by atoms with Crippen LogP contribution in [0.1, 0.15) is 38.3 Å². The fourth-order valence-corrected chi connectivity index (χ4v) is 6.06. The van der Waals surface area contributed by atoms with Crippen molar-refractivity contribution in [2.24, 2.45) is 0 Å². The molecule has 0 aliphatic heterocycles. The van der Waals surface area contributed by atoms with E-state index in [4.69, 9.17) is 14.2 Å². The minimum absolute atomic E-state index is 0.173. The molecule has 1 amide bonds. The highest BCUT2D eigenvalue weighted by Gasteiger charge is 2.26. The highest BCUT2D eigenvalue weighted by atomic mass is 32.1. The molecule has 0 saturated heterocycles. The zero-order chi connectivity index (χ0) is 27.6. The van der Waals surface area contributed by atoms with Crippen LogP contribution in [-0.4, -0.2) is 61.7 Å². The van der Waals surface area contributed by atoms with Crippen molar-refractivity contribution in [2.45, 2.75) is 20.4 Å². The molecule has 0 saturated carbocycles. The van der Waals surface area contributed by atoms with Crippen LogP contribution in [0.2, 0.25) is 0 Å². The van der Waals surface area contributed by atoms with E-state index in [1.807, 2.05) is 19.0 Å². The molecule has 2 N–H and O–H groups in total. The molecule has 38 heavy (non-hydrogen) atoms. The maximum absolute atomic E-state index is 13.4. The lowest BCUT2D eigenvalue weighted by atomic mass is 10.0. The smallest absolute Gasteiger partial charge is 0.341 e. The van der Waals surface area contributed by atoms with E-state index in [2.05, 4.69) is 15.3 Å². The molecule has 3 heterocycles. The number of benzene rings is 1. The fraction of sp³-hybridized carbons (Fsp3) is 0.308. The summed E-state index contributed by atoms with van der Waals surface area (Å²) in [6.45, 7) is 4.06. The third-order valence-corrected chi connectivity index (χ3v) is 7.79. The number of hydrogen-bond acceptors (Lipinski definition) is 10. The molecule has 3 aromatic heterocycles. The average molecular weight is 557 g/mol. The summed E-state index contributed by atoms with van der Waals surface area (Å²) in [6.07, 6.45) is 0. The predicted molar refractivity (Wildman–Crippen MR) is 149 cm³/mol. The molecule has 1 aromatic carbocycles. The number of amides is 1. The molecule has 0 spiro atoms. The SMILES string of the molecule is CCOC(=O)c1c(-c2ccc(OC)c(OC)c2)csc1NC(=O)c1sc2nc(CN(C)C)[nH]c(=O)c2c1C. The second kappa shape index (κ2) is 11.3. The zero-order valence-electron chi connectivity index (χ0n) is 21.9. The number of rotatable bonds is 9. The van der Waals surface area contributed by atoms with Crippen LogP contribution < -0.4 is 20.3 Å². The minimum atomic E-state index is -0.562. The molecule has 0 bridgehead atoms. The zero-order valence-corrected chi connectivity index (χ0v) is 23.5. The molecular weight excluding hydrogens is 528 g/mol. The maximum atomic E-state index is 13.4. The van der Waals surface area contributed by atoms with Crippen molar-refractivity contribution >= 4 is 49.8 Å². The van der Waals surface area contributed by atoms with E-state index in [1.54, 1.807) is 44.5 Å². The lowest BCUT2D eigenvalue weighted by Crippen LogP contribution is -2.18. The van der Waals surface area contributed by atoms with E-state index < -0.39 is 11.9 Å². The van der Waals surface area contributed by atoms with Crippen LogP contribution in [0.4, 0.5) is 5.00 Å². The fourth-order valence-electron chi connectivity index (χ4n) is 4.01. The number of aromatic nitrogens is 2. The van der Waals surface area contributed by atoms with Crippen LogP contribution in [0.15, 0.2) is 28.4 Å². The van der Waals surface area contributed by atoms with Gasteiger partial charge in [0.25, 0.3) is 11.5 Å². The van der Waals surface area contributed by atoms with Gasteiger partial charge in [-0.2, -0.15) is 0 Å². The van der Waals surface area contributed by atoms with Crippen LogP contribution in [-0.2, 0) is 11.3 Å². The van der Waals surface area contributed by atoms with E-state index in [0.717, 1.165) is 11.3 Å². The summed E-state index contributed by atoms with van der Waals surface area (Å²) < 4.78 is 16.0. The summed E-state index contributed by atoms with van der Waals surface area (Å²) in [5.74, 6) is 0.570. The number of anilines is 1. The first-order valence-electron chi connectivity index (χ1n) is 11.7. The van der Waals surface area contributed by atoms with Gasteiger partial charge in [0, 0.05) is 10.9 Å². The maximum Gasteiger partial charge on any atom is 0.341 e. The van der Waals surface area contributed by atoms with Gasteiger partial charge in [-0.1, -0.05) is 6.07 Å². The van der Waals surface area contributed by atoms with Crippen molar-refractivity contribution in [3.63, 3.8) is 0 Å². The Morgan fingerprint density at radius 2 is 1.89 bits per heavy atom. The van der Waals surface area contributed by atoms with Gasteiger partial charge in [0.1, 0.15) is 21.2 Å². The molecule has 4 aromatic rings. The van der Waals surface area contributed by atoms with E-state index >= 15 is 0 Å². The number of carbonyl (C=O) groups is 2. The Balaban J connectivity index is 1.74. The van der Waals surface area contributed by atoms with Crippen LogP contribution in [0.25, 0.3) is 21.3 Å². The van der Waals surface area contributed by atoms with Gasteiger partial charge in [-0.15, -0.1) is 22.7 Å². The number of ether oxygens (including phenoxy) is 3. The monoisotopic (exact) mass is 556 g/mol. The number of carbonyl (C=O) groups excluding carboxylic acids is 2. The number of methoxy groups -OCH3 is 2. The van der Waals surface area contributed by atoms with Gasteiger partial charge in [0.15, 0.2) is 11.5 Å². The molecule has 10 nitrogen and oxygen atoms in total.